The van der Waals surface area contributed by atoms with E-state index >= 15 is 0 Å². The lowest BCUT2D eigenvalue weighted by atomic mass is 9.81. The van der Waals surface area contributed by atoms with E-state index in [0.717, 1.165) is 57.1 Å². The van der Waals surface area contributed by atoms with Gasteiger partial charge in [0.1, 0.15) is 0 Å². The molecular weight excluding hydrogens is 415 g/mol. The van der Waals surface area contributed by atoms with E-state index < -0.39 is 0 Å². The zero-order valence-corrected chi connectivity index (χ0v) is 17.9. The molecule has 1 aliphatic heterocycles. The molecule has 2 aliphatic rings. The second-order valence-corrected chi connectivity index (χ2v) is 6.98. The predicted octanol–water partition coefficient (Wildman–Crippen LogP) is 2.95. The zero-order chi connectivity index (χ0) is 16.7. The Kier molecular flexibility index (Phi) is 10.0. The molecule has 2 rings (SSSR count). The average Bonchev–Trinajstić information content (AvgIpc) is 2.59. The summed E-state index contributed by atoms with van der Waals surface area (Å²) in [5.41, 5.74) is 0. The molecule has 0 radical (unpaired) electrons. The maximum Gasteiger partial charge on any atom is 0.219 e. The quantitative estimate of drug-likeness (QED) is 0.407. The summed E-state index contributed by atoms with van der Waals surface area (Å²) in [6.07, 6.45) is 6.76. The second-order valence-electron chi connectivity index (χ2n) is 6.98. The van der Waals surface area contributed by atoms with Crippen molar-refractivity contribution in [3.8, 4) is 0 Å². The number of hydrogen-bond donors (Lipinski definition) is 1. The molecule has 0 aromatic carbocycles. The van der Waals surface area contributed by atoms with Crippen LogP contribution < -0.4 is 5.32 Å². The minimum atomic E-state index is 0. The van der Waals surface area contributed by atoms with Gasteiger partial charge in [0.15, 0.2) is 5.96 Å². The number of carbonyl (C=O) groups is 1. The van der Waals surface area contributed by atoms with Gasteiger partial charge in [-0.1, -0.05) is 26.2 Å². The number of aliphatic imine (C=N–C) groups is 1. The van der Waals surface area contributed by atoms with Crippen molar-refractivity contribution >= 4 is 35.8 Å². The van der Waals surface area contributed by atoms with E-state index in [9.17, 15) is 4.79 Å². The summed E-state index contributed by atoms with van der Waals surface area (Å²) in [5.74, 6) is 2.92. The number of nitrogens with one attached hydrogen (secondary N) is 1. The van der Waals surface area contributed by atoms with Crippen molar-refractivity contribution in [2.75, 3.05) is 39.3 Å². The fourth-order valence-electron chi connectivity index (χ4n) is 3.70. The van der Waals surface area contributed by atoms with Crippen molar-refractivity contribution in [2.24, 2.45) is 16.8 Å². The van der Waals surface area contributed by atoms with E-state index in [1.807, 2.05) is 4.90 Å². The number of piperazine rings is 1. The van der Waals surface area contributed by atoms with Gasteiger partial charge < -0.3 is 15.1 Å². The van der Waals surface area contributed by atoms with Crippen LogP contribution in [0.15, 0.2) is 4.99 Å². The first-order chi connectivity index (χ1) is 11.1. The second kappa shape index (κ2) is 11.2. The fourth-order valence-corrected chi connectivity index (χ4v) is 3.70. The van der Waals surface area contributed by atoms with Crippen molar-refractivity contribution in [3.63, 3.8) is 0 Å². The van der Waals surface area contributed by atoms with Crippen molar-refractivity contribution < 1.29 is 4.79 Å². The number of nitrogens with zero attached hydrogens (tertiary/aromatic N) is 3. The maximum atomic E-state index is 11.4. The highest BCUT2D eigenvalue weighted by atomic mass is 127. The van der Waals surface area contributed by atoms with Gasteiger partial charge in [0.2, 0.25) is 5.91 Å². The zero-order valence-electron chi connectivity index (χ0n) is 15.6. The molecule has 2 fully saturated rings. The maximum absolute atomic E-state index is 11.4. The van der Waals surface area contributed by atoms with Gasteiger partial charge in [-0.3, -0.25) is 9.79 Å². The Morgan fingerprint density at radius 1 is 1.00 bits per heavy atom. The Hall–Kier alpha value is -0.530. The predicted molar refractivity (Wildman–Crippen MR) is 111 cm³/mol. The van der Waals surface area contributed by atoms with Crippen LogP contribution in [0, 0.1) is 11.8 Å². The van der Waals surface area contributed by atoms with Gasteiger partial charge in [-0.2, -0.15) is 0 Å². The molecule has 1 amide bonds. The van der Waals surface area contributed by atoms with Gasteiger partial charge in [0.25, 0.3) is 0 Å². The molecule has 140 valence electrons. The highest BCUT2D eigenvalue weighted by Gasteiger charge is 2.22. The lowest BCUT2D eigenvalue weighted by molar-refractivity contribution is -0.130. The normalized spacial score (nSPS) is 25.2. The fraction of sp³-hybridized carbons (Fsp3) is 0.889. The third-order valence-electron chi connectivity index (χ3n) is 5.40. The Bertz CT molecular complexity index is 400. The topological polar surface area (TPSA) is 47.9 Å². The lowest BCUT2D eigenvalue weighted by Crippen LogP contribution is -2.53. The Labute approximate surface area is 164 Å². The number of carbonyl (C=O) groups excluding carboxylic acids is 1. The van der Waals surface area contributed by atoms with Crippen LogP contribution in [0.1, 0.15) is 52.9 Å². The molecule has 1 saturated carbocycles. The smallest absolute Gasteiger partial charge is 0.219 e. The third-order valence-corrected chi connectivity index (χ3v) is 5.40. The average molecular weight is 450 g/mol. The van der Waals surface area contributed by atoms with Crippen molar-refractivity contribution in [1.82, 2.24) is 15.1 Å². The summed E-state index contributed by atoms with van der Waals surface area (Å²) < 4.78 is 0. The lowest BCUT2D eigenvalue weighted by Gasteiger charge is -2.36. The highest BCUT2D eigenvalue weighted by molar-refractivity contribution is 14.0. The largest absolute Gasteiger partial charge is 0.357 e. The highest BCUT2D eigenvalue weighted by Crippen LogP contribution is 2.30. The number of rotatable bonds is 4. The standard InChI is InChI=1S/C18H34N4O.HI/c1-4-16-6-8-17(9-7-16)14-20-18(19-5-2)22-12-10-21(11-13-22)15(3)23;/h16-17H,4-14H2,1-3H3,(H,19,20);1H. The molecule has 1 heterocycles. The number of hydrogen-bond acceptors (Lipinski definition) is 2. The Morgan fingerprint density at radius 3 is 2.04 bits per heavy atom. The van der Waals surface area contributed by atoms with Crippen molar-refractivity contribution in [1.29, 1.82) is 0 Å². The van der Waals surface area contributed by atoms with Gasteiger partial charge in [-0.05, 0) is 31.6 Å². The minimum absolute atomic E-state index is 0. The molecule has 6 heteroatoms. The number of amides is 1. The van der Waals surface area contributed by atoms with E-state index in [0.29, 0.717) is 0 Å². The van der Waals surface area contributed by atoms with Crippen LogP contribution in [-0.4, -0.2) is 60.9 Å². The van der Waals surface area contributed by atoms with Crippen LogP contribution in [0.2, 0.25) is 0 Å². The van der Waals surface area contributed by atoms with Gasteiger partial charge in [0.05, 0.1) is 0 Å². The van der Waals surface area contributed by atoms with Crippen LogP contribution in [-0.2, 0) is 4.79 Å². The van der Waals surface area contributed by atoms with Gasteiger partial charge in [-0.25, -0.2) is 0 Å². The molecule has 0 spiro atoms. The summed E-state index contributed by atoms with van der Waals surface area (Å²) in [6, 6.07) is 0. The van der Waals surface area contributed by atoms with Crippen LogP contribution >= 0.6 is 24.0 Å². The molecule has 0 aromatic rings. The molecule has 1 saturated heterocycles. The van der Waals surface area contributed by atoms with E-state index in [2.05, 4.69) is 24.1 Å². The molecule has 0 unspecified atom stereocenters. The van der Waals surface area contributed by atoms with E-state index in [-0.39, 0.29) is 29.9 Å². The van der Waals surface area contributed by atoms with Gasteiger partial charge in [0, 0.05) is 46.2 Å². The van der Waals surface area contributed by atoms with Crippen LogP contribution in [0.3, 0.4) is 0 Å². The first-order valence-electron chi connectivity index (χ1n) is 9.42. The van der Waals surface area contributed by atoms with Crippen LogP contribution in [0.5, 0.6) is 0 Å². The molecule has 0 bridgehead atoms. The minimum Gasteiger partial charge on any atom is -0.357 e. The summed E-state index contributed by atoms with van der Waals surface area (Å²) in [7, 11) is 0. The van der Waals surface area contributed by atoms with Crippen LogP contribution in [0.25, 0.3) is 0 Å². The monoisotopic (exact) mass is 450 g/mol. The van der Waals surface area contributed by atoms with Gasteiger partial charge >= 0.3 is 0 Å². The molecule has 5 nitrogen and oxygen atoms in total. The van der Waals surface area contributed by atoms with E-state index in [1.165, 1.54) is 32.1 Å². The summed E-state index contributed by atoms with van der Waals surface area (Å²) in [5, 5.41) is 3.43. The molecule has 24 heavy (non-hydrogen) atoms. The molecule has 0 aromatic heterocycles. The molecule has 0 atom stereocenters. The summed E-state index contributed by atoms with van der Waals surface area (Å²) >= 11 is 0. The Morgan fingerprint density at radius 2 is 1.54 bits per heavy atom. The Balaban J connectivity index is 0.00000288. The van der Waals surface area contributed by atoms with E-state index in [1.54, 1.807) is 6.92 Å². The summed E-state index contributed by atoms with van der Waals surface area (Å²) in [6.45, 7) is 11.3. The number of halogens is 1. The number of guanidine groups is 1. The first-order valence-corrected chi connectivity index (χ1v) is 9.42. The first kappa shape index (κ1) is 21.5. The van der Waals surface area contributed by atoms with Gasteiger partial charge in [-0.15, -0.1) is 24.0 Å². The van der Waals surface area contributed by atoms with Crippen molar-refractivity contribution in [3.05, 3.63) is 0 Å². The molecule has 1 aliphatic carbocycles. The van der Waals surface area contributed by atoms with E-state index in [4.69, 9.17) is 4.99 Å². The molecule has 1 N–H and O–H groups in total. The van der Waals surface area contributed by atoms with Crippen molar-refractivity contribution in [2.45, 2.75) is 52.9 Å². The SMILES string of the molecule is CCNC(=NCC1CCC(CC)CC1)N1CCN(C(C)=O)CC1.I. The van der Waals surface area contributed by atoms with Crippen LogP contribution in [0.4, 0.5) is 0 Å². The third kappa shape index (κ3) is 6.41. The molecular formula is C18H35IN4O. The summed E-state index contributed by atoms with van der Waals surface area (Å²) in [4.78, 5) is 20.6.